The van der Waals surface area contributed by atoms with Crippen molar-refractivity contribution in [3.63, 3.8) is 0 Å². The Morgan fingerprint density at radius 2 is 2.16 bits per heavy atom. The number of hydrogen-bond donors (Lipinski definition) is 3. The number of carbonyl (C=O) groups excluding carboxylic acids is 2. The topological polar surface area (TPSA) is 83.4 Å². The average molecular weight is 267 g/mol. The second-order valence-corrected chi connectivity index (χ2v) is 4.25. The summed E-state index contributed by atoms with van der Waals surface area (Å²) in [5.74, 6) is 0.425. The molecule has 3 N–H and O–H groups in total. The molecule has 0 saturated heterocycles. The van der Waals surface area contributed by atoms with E-state index in [1.54, 1.807) is 25.3 Å². The lowest BCUT2D eigenvalue weighted by molar-refractivity contribution is -0.123. The highest BCUT2D eigenvalue weighted by Gasteiger charge is 2.13. The highest BCUT2D eigenvalue weighted by atomic mass is 16.3. The standard InChI is InChI=1S/C13H21N3O3/c1-3-6-14-12(17)9-15-10(2)13(18)16-8-11-5-4-7-19-11/h4-5,7,10,15H,3,6,8-9H2,1-2H3,(H,14,17)(H,16,18). The van der Waals surface area contributed by atoms with Crippen LogP contribution < -0.4 is 16.0 Å². The summed E-state index contributed by atoms with van der Waals surface area (Å²) in [6, 6.07) is 3.12. The monoisotopic (exact) mass is 267 g/mol. The molecule has 1 atom stereocenters. The van der Waals surface area contributed by atoms with Gasteiger partial charge in [-0.25, -0.2) is 0 Å². The molecule has 0 fully saturated rings. The molecule has 1 aromatic rings. The van der Waals surface area contributed by atoms with Crippen LogP contribution in [-0.2, 0) is 16.1 Å². The van der Waals surface area contributed by atoms with Crippen LogP contribution in [0.2, 0.25) is 0 Å². The molecule has 0 saturated carbocycles. The SMILES string of the molecule is CCCNC(=O)CNC(C)C(=O)NCc1ccco1. The van der Waals surface area contributed by atoms with Crippen molar-refractivity contribution in [3.8, 4) is 0 Å². The van der Waals surface area contributed by atoms with Crippen LogP contribution in [-0.4, -0.2) is 30.9 Å². The zero-order valence-electron chi connectivity index (χ0n) is 11.4. The van der Waals surface area contributed by atoms with Gasteiger partial charge in [-0.2, -0.15) is 0 Å². The summed E-state index contributed by atoms with van der Waals surface area (Å²) in [5.41, 5.74) is 0. The van der Waals surface area contributed by atoms with Gasteiger partial charge in [0, 0.05) is 6.54 Å². The summed E-state index contributed by atoms with van der Waals surface area (Å²) in [4.78, 5) is 23.1. The summed E-state index contributed by atoms with van der Waals surface area (Å²) in [5, 5.41) is 8.32. The molecule has 0 spiro atoms. The van der Waals surface area contributed by atoms with Crippen molar-refractivity contribution in [1.82, 2.24) is 16.0 Å². The average Bonchev–Trinajstić information content (AvgIpc) is 2.92. The maximum Gasteiger partial charge on any atom is 0.237 e. The third-order valence-corrected chi connectivity index (χ3v) is 2.55. The minimum Gasteiger partial charge on any atom is -0.467 e. The van der Waals surface area contributed by atoms with Gasteiger partial charge in [-0.3, -0.25) is 14.9 Å². The van der Waals surface area contributed by atoms with E-state index >= 15 is 0 Å². The lowest BCUT2D eigenvalue weighted by Crippen LogP contribution is -2.45. The van der Waals surface area contributed by atoms with E-state index in [-0.39, 0.29) is 18.4 Å². The maximum absolute atomic E-state index is 11.7. The van der Waals surface area contributed by atoms with E-state index in [1.807, 2.05) is 6.92 Å². The normalized spacial score (nSPS) is 11.9. The second kappa shape index (κ2) is 8.31. The molecule has 6 nitrogen and oxygen atoms in total. The van der Waals surface area contributed by atoms with E-state index in [1.165, 1.54) is 0 Å². The van der Waals surface area contributed by atoms with Crippen molar-refractivity contribution in [2.75, 3.05) is 13.1 Å². The maximum atomic E-state index is 11.7. The zero-order chi connectivity index (χ0) is 14.1. The number of nitrogens with one attached hydrogen (secondary N) is 3. The molecular formula is C13H21N3O3. The van der Waals surface area contributed by atoms with Crippen molar-refractivity contribution in [3.05, 3.63) is 24.2 Å². The summed E-state index contributed by atoms with van der Waals surface area (Å²) in [6.45, 7) is 4.83. The first-order chi connectivity index (χ1) is 9.13. The first-order valence-corrected chi connectivity index (χ1v) is 6.43. The van der Waals surface area contributed by atoms with Crippen LogP contribution >= 0.6 is 0 Å². The first kappa shape index (κ1) is 15.2. The molecule has 0 aromatic carbocycles. The van der Waals surface area contributed by atoms with Gasteiger partial charge in [-0.15, -0.1) is 0 Å². The predicted molar refractivity (Wildman–Crippen MR) is 71.3 cm³/mol. The molecule has 0 aliphatic carbocycles. The molecule has 0 aliphatic heterocycles. The van der Waals surface area contributed by atoms with E-state index in [9.17, 15) is 9.59 Å². The predicted octanol–water partition coefficient (Wildman–Crippen LogP) is 0.400. The molecule has 1 rings (SSSR count). The van der Waals surface area contributed by atoms with Crippen molar-refractivity contribution in [2.24, 2.45) is 0 Å². The number of furan rings is 1. The van der Waals surface area contributed by atoms with Crippen LogP contribution in [0.4, 0.5) is 0 Å². The van der Waals surface area contributed by atoms with Crippen LogP contribution in [0.5, 0.6) is 0 Å². The van der Waals surface area contributed by atoms with Crippen LogP contribution in [0.15, 0.2) is 22.8 Å². The zero-order valence-corrected chi connectivity index (χ0v) is 11.4. The molecule has 1 aromatic heterocycles. The summed E-state index contributed by atoms with van der Waals surface area (Å²) < 4.78 is 5.11. The Hall–Kier alpha value is -1.82. The second-order valence-electron chi connectivity index (χ2n) is 4.25. The Kier molecular flexibility index (Phi) is 6.67. The van der Waals surface area contributed by atoms with Gasteiger partial charge in [0.1, 0.15) is 5.76 Å². The Morgan fingerprint density at radius 3 is 2.79 bits per heavy atom. The van der Waals surface area contributed by atoms with Crippen molar-refractivity contribution in [1.29, 1.82) is 0 Å². The molecule has 0 bridgehead atoms. The Bertz CT molecular complexity index is 390. The Labute approximate surface area is 112 Å². The highest BCUT2D eigenvalue weighted by Crippen LogP contribution is 1.98. The van der Waals surface area contributed by atoms with Crippen molar-refractivity contribution < 1.29 is 14.0 Å². The Balaban J connectivity index is 2.19. The van der Waals surface area contributed by atoms with Gasteiger partial charge in [0.2, 0.25) is 11.8 Å². The third-order valence-electron chi connectivity index (χ3n) is 2.55. The smallest absolute Gasteiger partial charge is 0.237 e. The van der Waals surface area contributed by atoms with Gasteiger partial charge < -0.3 is 15.1 Å². The quantitative estimate of drug-likeness (QED) is 0.636. The molecule has 1 unspecified atom stereocenters. The fourth-order valence-electron chi connectivity index (χ4n) is 1.41. The van der Waals surface area contributed by atoms with E-state index in [4.69, 9.17) is 4.42 Å². The molecule has 2 amide bonds. The van der Waals surface area contributed by atoms with Gasteiger partial charge in [0.15, 0.2) is 0 Å². The van der Waals surface area contributed by atoms with E-state index < -0.39 is 6.04 Å². The fourth-order valence-corrected chi connectivity index (χ4v) is 1.41. The van der Waals surface area contributed by atoms with Gasteiger partial charge in [0.05, 0.1) is 25.4 Å². The van der Waals surface area contributed by atoms with Gasteiger partial charge >= 0.3 is 0 Å². The number of rotatable bonds is 8. The van der Waals surface area contributed by atoms with E-state index in [0.29, 0.717) is 18.8 Å². The summed E-state index contributed by atoms with van der Waals surface area (Å²) in [7, 11) is 0. The Morgan fingerprint density at radius 1 is 1.37 bits per heavy atom. The minimum absolute atomic E-state index is 0.104. The molecule has 0 radical (unpaired) electrons. The number of amides is 2. The van der Waals surface area contributed by atoms with Crippen LogP contribution in [0.1, 0.15) is 26.0 Å². The first-order valence-electron chi connectivity index (χ1n) is 6.43. The summed E-state index contributed by atoms with van der Waals surface area (Å²) in [6.07, 6.45) is 2.45. The minimum atomic E-state index is -0.428. The van der Waals surface area contributed by atoms with E-state index in [2.05, 4.69) is 16.0 Å². The highest BCUT2D eigenvalue weighted by molar-refractivity contribution is 5.83. The van der Waals surface area contributed by atoms with Crippen LogP contribution in [0, 0.1) is 0 Å². The van der Waals surface area contributed by atoms with Gasteiger partial charge in [-0.05, 0) is 25.5 Å². The third kappa shape index (κ3) is 6.05. The van der Waals surface area contributed by atoms with Crippen LogP contribution in [0.25, 0.3) is 0 Å². The molecule has 19 heavy (non-hydrogen) atoms. The molecule has 0 aliphatic rings. The molecule has 106 valence electrons. The molecule has 6 heteroatoms. The van der Waals surface area contributed by atoms with E-state index in [0.717, 1.165) is 6.42 Å². The lowest BCUT2D eigenvalue weighted by Gasteiger charge is -2.13. The van der Waals surface area contributed by atoms with Crippen molar-refractivity contribution in [2.45, 2.75) is 32.9 Å². The number of carbonyl (C=O) groups is 2. The largest absolute Gasteiger partial charge is 0.467 e. The summed E-state index contributed by atoms with van der Waals surface area (Å²) >= 11 is 0. The lowest BCUT2D eigenvalue weighted by atomic mass is 10.3. The van der Waals surface area contributed by atoms with Crippen molar-refractivity contribution >= 4 is 11.8 Å². The van der Waals surface area contributed by atoms with Gasteiger partial charge in [0.25, 0.3) is 0 Å². The number of hydrogen-bond acceptors (Lipinski definition) is 4. The molecule has 1 heterocycles. The fraction of sp³-hybridized carbons (Fsp3) is 0.538. The van der Waals surface area contributed by atoms with Gasteiger partial charge in [-0.1, -0.05) is 6.92 Å². The van der Waals surface area contributed by atoms with Crippen LogP contribution in [0.3, 0.4) is 0 Å². The molecular weight excluding hydrogens is 246 g/mol.